The predicted molar refractivity (Wildman–Crippen MR) is 69.2 cm³/mol. The van der Waals surface area contributed by atoms with Crippen LogP contribution in [-0.2, 0) is 6.42 Å². The van der Waals surface area contributed by atoms with Crippen molar-refractivity contribution in [3.05, 3.63) is 35.4 Å². The zero-order valence-corrected chi connectivity index (χ0v) is 10.3. The summed E-state index contributed by atoms with van der Waals surface area (Å²) in [4.78, 5) is 11.9. The number of hydrogen-bond donors (Lipinski definition) is 2. The van der Waals surface area contributed by atoms with E-state index in [4.69, 9.17) is 0 Å². The molecule has 1 atom stereocenters. The Balaban J connectivity index is 1.85. The molecule has 0 radical (unpaired) electrons. The summed E-state index contributed by atoms with van der Waals surface area (Å²) in [6, 6.07) is 8.28. The summed E-state index contributed by atoms with van der Waals surface area (Å²) >= 11 is 0. The van der Waals surface area contributed by atoms with Gasteiger partial charge < -0.3 is 10.6 Å². The van der Waals surface area contributed by atoms with Crippen LogP contribution in [-0.4, -0.2) is 25.0 Å². The topological polar surface area (TPSA) is 41.1 Å². The number of aryl methyl sites for hydroxylation is 1. The maximum absolute atomic E-state index is 11.9. The van der Waals surface area contributed by atoms with Crippen LogP contribution in [0.1, 0.15) is 35.7 Å². The first kappa shape index (κ1) is 12.1. The third-order valence-electron chi connectivity index (χ3n) is 3.30. The molecule has 1 aliphatic rings. The SMILES string of the molecule is CCc1ccc(C(=O)NCC2CCCN2)cc1. The lowest BCUT2D eigenvalue weighted by Gasteiger charge is -2.11. The van der Waals surface area contributed by atoms with Gasteiger partial charge in [0.2, 0.25) is 0 Å². The van der Waals surface area contributed by atoms with Crippen molar-refractivity contribution in [2.75, 3.05) is 13.1 Å². The molecular weight excluding hydrogens is 212 g/mol. The van der Waals surface area contributed by atoms with Crippen molar-refractivity contribution in [2.24, 2.45) is 0 Å². The van der Waals surface area contributed by atoms with Gasteiger partial charge in [0.1, 0.15) is 0 Å². The Morgan fingerprint density at radius 1 is 1.41 bits per heavy atom. The van der Waals surface area contributed by atoms with E-state index < -0.39 is 0 Å². The van der Waals surface area contributed by atoms with Crippen molar-refractivity contribution in [2.45, 2.75) is 32.2 Å². The largest absolute Gasteiger partial charge is 0.350 e. The molecule has 0 saturated carbocycles. The number of rotatable bonds is 4. The average molecular weight is 232 g/mol. The summed E-state index contributed by atoms with van der Waals surface area (Å²) in [5, 5.41) is 6.34. The molecule has 0 bridgehead atoms. The van der Waals surface area contributed by atoms with E-state index in [2.05, 4.69) is 17.6 Å². The van der Waals surface area contributed by atoms with Crippen LogP contribution in [0.15, 0.2) is 24.3 Å². The second-order valence-corrected chi connectivity index (χ2v) is 4.55. The van der Waals surface area contributed by atoms with Gasteiger partial charge in [-0.25, -0.2) is 0 Å². The summed E-state index contributed by atoms with van der Waals surface area (Å²) in [6.07, 6.45) is 3.38. The van der Waals surface area contributed by atoms with E-state index in [0.717, 1.165) is 31.5 Å². The van der Waals surface area contributed by atoms with E-state index in [-0.39, 0.29) is 5.91 Å². The molecule has 0 spiro atoms. The van der Waals surface area contributed by atoms with Gasteiger partial charge in [-0.1, -0.05) is 19.1 Å². The van der Waals surface area contributed by atoms with Gasteiger partial charge >= 0.3 is 0 Å². The molecule has 2 N–H and O–H groups in total. The van der Waals surface area contributed by atoms with Crippen LogP contribution in [0.5, 0.6) is 0 Å². The smallest absolute Gasteiger partial charge is 0.251 e. The van der Waals surface area contributed by atoms with E-state index in [9.17, 15) is 4.79 Å². The third-order valence-corrected chi connectivity index (χ3v) is 3.30. The van der Waals surface area contributed by atoms with Crippen LogP contribution in [0.2, 0.25) is 0 Å². The highest BCUT2D eigenvalue weighted by Gasteiger charge is 2.15. The number of carbonyl (C=O) groups is 1. The van der Waals surface area contributed by atoms with Crippen molar-refractivity contribution in [3.63, 3.8) is 0 Å². The van der Waals surface area contributed by atoms with Crippen LogP contribution in [0.4, 0.5) is 0 Å². The van der Waals surface area contributed by atoms with E-state index in [1.54, 1.807) is 0 Å². The predicted octanol–water partition coefficient (Wildman–Crippen LogP) is 1.73. The zero-order valence-electron chi connectivity index (χ0n) is 10.3. The van der Waals surface area contributed by atoms with Crippen LogP contribution in [0.3, 0.4) is 0 Å². The Labute approximate surface area is 103 Å². The lowest BCUT2D eigenvalue weighted by atomic mass is 10.1. The van der Waals surface area contributed by atoms with Crippen molar-refractivity contribution >= 4 is 5.91 Å². The van der Waals surface area contributed by atoms with Crippen molar-refractivity contribution in [3.8, 4) is 0 Å². The molecule has 1 aliphatic heterocycles. The third kappa shape index (κ3) is 3.30. The molecule has 3 heteroatoms. The van der Waals surface area contributed by atoms with Crippen LogP contribution >= 0.6 is 0 Å². The molecule has 1 aromatic rings. The summed E-state index contributed by atoms with van der Waals surface area (Å²) in [6.45, 7) is 3.92. The van der Waals surface area contributed by atoms with Crippen LogP contribution in [0, 0.1) is 0 Å². The second kappa shape index (κ2) is 5.82. The zero-order chi connectivity index (χ0) is 12.1. The quantitative estimate of drug-likeness (QED) is 0.830. The minimum absolute atomic E-state index is 0.0290. The Morgan fingerprint density at radius 3 is 2.76 bits per heavy atom. The molecule has 1 aromatic carbocycles. The van der Waals surface area contributed by atoms with Gasteiger partial charge in [0.05, 0.1) is 0 Å². The van der Waals surface area contributed by atoms with Gasteiger partial charge in [-0.3, -0.25) is 4.79 Å². The standard InChI is InChI=1S/C14H20N2O/c1-2-11-5-7-12(8-6-11)14(17)16-10-13-4-3-9-15-13/h5-8,13,15H,2-4,9-10H2,1H3,(H,16,17). The molecule has 2 rings (SSSR count). The highest BCUT2D eigenvalue weighted by atomic mass is 16.1. The summed E-state index contributed by atoms with van der Waals surface area (Å²) in [5.74, 6) is 0.0290. The molecule has 1 fully saturated rings. The van der Waals surface area contributed by atoms with Crippen molar-refractivity contribution in [1.82, 2.24) is 10.6 Å². The number of nitrogens with one attached hydrogen (secondary N) is 2. The van der Waals surface area contributed by atoms with Gasteiger partial charge in [-0.05, 0) is 43.5 Å². The van der Waals surface area contributed by atoms with Crippen molar-refractivity contribution in [1.29, 1.82) is 0 Å². The molecule has 1 heterocycles. The first-order chi connectivity index (χ1) is 8.29. The van der Waals surface area contributed by atoms with Crippen LogP contribution < -0.4 is 10.6 Å². The number of hydrogen-bond acceptors (Lipinski definition) is 2. The lowest BCUT2D eigenvalue weighted by Crippen LogP contribution is -2.37. The van der Waals surface area contributed by atoms with Crippen molar-refractivity contribution < 1.29 is 4.79 Å². The van der Waals surface area contributed by atoms with E-state index in [0.29, 0.717) is 6.04 Å². The normalized spacial score (nSPS) is 19.2. The molecule has 0 aromatic heterocycles. The summed E-state index contributed by atoms with van der Waals surface area (Å²) in [7, 11) is 0. The fourth-order valence-electron chi connectivity index (χ4n) is 2.14. The van der Waals surface area contributed by atoms with Gasteiger partial charge in [0.25, 0.3) is 5.91 Å². The first-order valence-corrected chi connectivity index (χ1v) is 6.40. The number of carbonyl (C=O) groups excluding carboxylic acids is 1. The summed E-state index contributed by atoms with van der Waals surface area (Å²) < 4.78 is 0. The van der Waals surface area contributed by atoms with Gasteiger partial charge in [-0.15, -0.1) is 0 Å². The molecule has 0 aliphatic carbocycles. The molecule has 1 unspecified atom stereocenters. The fraction of sp³-hybridized carbons (Fsp3) is 0.500. The Bertz CT molecular complexity index is 366. The molecule has 3 nitrogen and oxygen atoms in total. The molecular formula is C14H20N2O. The highest BCUT2D eigenvalue weighted by molar-refractivity contribution is 5.94. The minimum Gasteiger partial charge on any atom is -0.350 e. The monoisotopic (exact) mass is 232 g/mol. The first-order valence-electron chi connectivity index (χ1n) is 6.40. The maximum Gasteiger partial charge on any atom is 0.251 e. The minimum atomic E-state index is 0.0290. The second-order valence-electron chi connectivity index (χ2n) is 4.55. The van der Waals surface area contributed by atoms with E-state index >= 15 is 0 Å². The Morgan fingerprint density at radius 2 is 2.18 bits per heavy atom. The fourth-order valence-corrected chi connectivity index (χ4v) is 2.14. The molecule has 92 valence electrons. The molecule has 1 amide bonds. The summed E-state index contributed by atoms with van der Waals surface area (Å²) in [5.41, 5.74) is 2.01. The maximum atomic E-state index is 11.9. The Hall–Kier alpha value is -1.35. The van der Waals surface area contributed by atoms with Crippen LogP contribution in [0.25, 0.3) is 0 Å². The highest BCUT2D eigenvalue weighted by Crippen LogP contribution is 2.06. The Kier molecular flexibility index (Phi) is 4.15. The number of benzene rings is 1. The van der Waals surface area contributed by atoms with Gasteiger partial charge in [0.15, 0.2) is 0 Å². The molecule has 17 heavy (non-hydrogen) atoms. The average Bonchev–Trinajstić information content (AvgIpc) is 2.89. The molecule has 1 saturated heterocycles. The lowest BCUT2D eigenvalue weighted by molar-refractivity contribution is 0.0950. The van der Waals surface area contributed by atoms with E-state index in [1.807, 2.05) is 24.3 Å². The van der Waals surface area contributed by atoms with Gasteiger partial charge in [0, 0.05) is 18.2 Å². The number of amides is 1. The van der Waals surface area contributed by atoms with Gasteiger partial charge in [-0.2, -0.15) is 0 Å². The van der Waals surface area contributed by atoms with E-state index in [1.165, 1.54) is 12.0 Å².